The third-order valence-electron chi connectivity index (χ3n) is 7.00. The SMILES string of the molecule is CC(C)c1ccc(N2C(=O)N[C@@H](CC(=O)N3CC[C@@]4(O)CCCC[C@H]4C3)C2=O)cc1. The molecule has 0 aromatic heterocycles. The molecule has 0 spiro atoms. The largest absolute Gasteiger partial charge is 0.389 e. The van der Waals surface area contributed by atoms with E-state index in [1.807, 2.05) is 12.1 Å². The Morgan fingerprint density at radius 3 is 2.63 bits per heavy atom. The van der Waals surface area contributed by atoms with Crippen molar-refractivity contribution in [3.63, 3.8) is 0 Å². The number of rotatable bonds is 4. The van der Waals surface area contributed by atoms with E-state index >= 15 is 0 Å². The Morgan fingerprint density at radius 1 is 1.20 bits per heavy atom. The number of benzene rings is 1. The van der Waals surface area contributed by atoms with Gasteiger partial charge in [-0.25, -0.2) is 9.69 Å². The molecule has 1 aromatic carbocycles. The number of piperidine rings is 1. The fourth-order valence-electron chi connectivity index (χ4n) is 5.02. The number of carbonyl (C=O) groups is 3. The van der Waals surface area contributed by atoms with Crippen LogP contribution in [0, 0.1) is 5.92 Å². The van der Waals surface area contributed by atoms with E-state index in [-0.39, 0.29) is 18.2 Å². The average Bonchev–Trinajstić information content (AvgIpc) is 3.00. The molecule has 4 rings (SSSR count). The molecule has 4 amide bonds. The summed E-state index contributed by atoms with van der Waals surface area (Å²) >= 11 is 0. The van der Waals surface area contributed by atoms with Crippen LogP contribution in [0.2, 0.25) is 0 Å². The van der Waals surface area contributed by atoms with Crippen LogP contribution in [0.5, 0.6) is 0 Å². The maximum absolute atomic E-state index is 12.9. The molecule has 0 bridgehead atoms. The Balaban J connectivity index is 1.40. The molecular weight excluding hydrogens is 382 g/mol. The Kier molecular flexibility index (Phi) is 5.57. The van der Waals surface area contributed by atoms with Crippen LogP contribution in [0.25, 0.3) is 0 Å². The molecule has 1 aromatic rings. The van der Waals surface area contributed by atoms with Crippen LogP contribution >= 0.6 is 0 Å². The minimum absolute atomic E-state index is 0.0453. The Morgan fingerprint density at radius 2 is 1.93 bits per heavy atom. The standard InChI is InChI=1S/C23H31N3O4/c1-15(2)16-6-8-18(9-7-16)26-21(28)19(24-22(26)29)13-20(27)25-12-11-23(30)10-4-3-5-17(23)14-25/h6-9,15,17,19,30H,3-5,10-14H2,1-2H3,(H,24,29)/t17-,19-,23-/m0/s1. The number of nitrogens with zero attached hydrogens (tertiary/aromatic N) is 2. The maximum atomic E-state index is 12.9. The Bertz CT molecular complexity index is 837. The van der Waals surface area contributed by atoms with Crippen LogP contribution in [0.3, 0.4) is 0 Å². The molecule has 3 atom stereocenters. The van der Waals surface area contributed by atoms with Gasteiger partial charge in [0.25, 0.3) is 5.91 Å². The number of carbonyl (C=O) groups excluding carboxylic acids is 3. The summed E-state index contributed by atoms with van der Waals surface area (Å²) in [5.41, 5.74) is 0.998. The van der Waals surface area contributed by atoms with Crippen molar-refractivity contribution in [1.29, 1.82) is 0 Å². The van der Waals surface area contributed by atoms with Crippen LogP contribution in [0.4, 0.5) is 10.5 Å². The molecule has 0 unspecified atom stereocenters. The summed E-state index contributed by atoms with van der Waals surface area (Å²) < 4.78 is 0. The van der Waals surface area contributed by atoms with E-state index < -0.39 is 23.6 Å². The van der Waals surface area contributed by atoms with Gasteiger partial charge < -0.3 is 15.3 Å². The van der Waals surface area contributed by atoms with Gasteiger partial charge in [0.05, 0.1) is 17.7 Å². The normalized spacial score (nSPS) is 29.2. The molecule has 2 heterocycles. The minimum atomic E-state index is -0.845. The van der Waals surface area contributed by atoms with Crippen molar-refractivity contribution in [3.05, 3.63) is 29.8 Å². The van der Waals surface area contributed by atoms with Gasteiger partial charge in [-0.1, -0.05) is 38.8 Å². The highest BCUT2D eigenvalue weighted by Gasteiger charge is 2.45. The van der Waals surface area contributed by atoms with E-state index in [2.05, 4.69) is 19.2 Å². The van der Waals surface area contributed by atoms with Gasteiger partial charge in [-0.2, -0.15) is 0 Å². The van der Waals surface area contributed by atoms with Gasteiger partial charge in [-0.15, -0.1) is 0 Å². The lowest BCUT2D eigenvalue weighted by Crippen LogP contribution is -2.55. The van der Waals surface area contributed by atoms with Crippen LogP contribution < -0.4 is 10.2 Å². The number of nitrogens with one attached hydrogen (secondary N) is 1. The van der Waals surface area contributed by atoms with Crippen molar-refractivity contribution in [2.75, 3.05) is 18.0 Å². The number of hydrogen-bond acceptors (Lipinski definition) is 4. The van der Waals surface area contributed by atoms with Crippen molar-refractivity contribution in [2.45, 2.75) is 69.9 Å². The third kappa shape index (κ3) is 3.83. The fraction of sp³-hybridized carbons (Fsp3) is 0.609. The van der Waals surface area contributed by atoms with Crippen LogP contribution in [0.1, 0.15) is 63.9 Å². The van der Waals surface area contributed by atoms with Gasteiger partial charge in [-0.05, 0) is 42.9 Å². The molecule has 1 saturated carbocycles. The zero-order valence-electron chi connectivity index (χ0n) is 17.8. The summed E-state index contributed by atoms with van der Waals surface area (Å²) in [6, 6.07) is 6.03. The summed E-state index contributed by atoms with van der Waals surface area (Å²) in [5, 5.41) is 13.5. The third-order valence-corrected chi connectivity index (χ3v) is 7.00. The van der Waals surface area contributed by atoms with Gasteiger partial charge >= 0.3 is 6.03 Å². The molecule has 3 aliphatic rings. The van der Waals surface area contributed by atoms with Crippen molar-refractivity contribution in [2.24, 2.45) is 5.92 Å². The smallest absolute Gasteiger partial charge is 0.329 e. The highest BCUT2D eigenvalue weighted by Crippen LogP contribution is 2.40. The number of hydrogen-bond donors (Lipinski definition) is 2. The molecule has 30 heavy (non-hydrogen) atoms. The van der Waals surface area contributed by atoms with E-state index in [0.29, 0.717) is 31.1 Å². The molecule has 1 aliphatic carbocycles. The summed E-state index contributed by atoms with van der Waals surface area (Å²) in [7, 11) is 0. The first kappa shape index (κ1) is 20.8. The van der Waals surface area contributed by atoms with E-state index in [9.17, 15) is 19.5 Å². The second-order valence-electron chi connectivity index (χ2n) is 9.26. The lowest BCUT2D eigenvalue weighted by molar-refractivity contribution is -0.144. The number of anilines is 1. The summed E-state index contributed by atoms with van der Waals surface area (Å²) in [6.07, 6.45) is 4.40. The zero-order valence-corrected chi connectivity index (χ0v) is 17.8. The second-order valence-corrected chi connectivity index (χ2v) is 9.26. The van der Waals surface area contributed by atoms with E-state index in [4.69, 9.17) is 0 Å². The zero-order chi connectivity index (χ0) is 21.5. The molecule has 7 heteroatoms. The molecular formula is C23H31N3O4. The van der Waals surface area contributed by atoms with Gasteiger partial charge in [-0.3, -0.25) is 9.59 Å². The first-order chi connectivity index (χ1) is 14.3. The van der Waals surface area contributed by atoms with E-state index in [1.54, 1.807) is 17.0 Å². The second kappa shape index (κ2) is 8.02. The predicted octanol–water partition coefficient (Wildman–Crippen LogP) is 2.78. The maximum Gasteiger partial charge on any atom is 0.329 e. The molecule has 2 saturated heterocycles. The van der Waals surface area contributed by atoms with Crippen molar-refractivity contribution in [1.82, 2.24) is 10.2 Å². The number of imide groups is 1. The highest BCUT2D eigenvalue weighted by atomic mass is 16.3. The number of fused-ring (bicyclic) bond motifs is 1. The predicted molar refractivity (Wildman–Crippen MR) is 113 cm³/mol. The van der Waals surface area contributed by atoms with E-state index in [1.165, 1.54) is 0 Å². The topological polar surface area (TPSA) is 90.0 Å². The average molecular weight is 414 g/mol. The summed E-state index contributed by atoms with van der Waals surface area (Å²) in [6.45, 7) is 5.20. The molecule has 2 aliphatic heterocycles. The monoisotopic (exact) mass is 413 g/mol. The molecule has 2 N–H and O–H groups in total. The number of aliphatic hydroxyl groups is 1. The number of amides is 4. The highest BCUT2D eigenvalue weighted by molar-refractivity contribution is 6.22. The first-order valence-electron chi connectivity index (χ1n) is 11.0. The van der Waals surface area contributed by atoms with Crippen molar-refractivity contribution >= 4 is 23.5 Å². The lowest BCUT2D eigenvalue weighted by atomic mass is 9.71. The van der Waals surface area contributed by atoms with Crippen LogP contribution in [-0.4, -0.2) is 52.6 Å². The summed E-state index contributed by atoms with van der Waals surface area (Å²) in [5.74, 6) is -0.0669. The quantitative estimate of drug-likeness (QED) is 0.743. The van der Waals surface area contributed by atoms with Crippen molar-refractivity contribution in [3.8, 4) is 0 Å². The lowest BCUT2D eigenvalue weighted by Gasteiger charge is -2.47. The number of likely N-dealkylation sites (tertiary alicyclic amines) is 1. The number of urea groups is 1. The molecule has 3 fully saturated rings. The van der Waals surface area contributed by atoms with E-state index in [0.717, 1.165) is 36.1 Å². The molecule has 162 valence electrons. The van der Waals surface area contributed by atoms with Gasteiger partial charge in [0, 0.05) is 19.0 Å². The fourth-order valence-corrected chi connectivity index (χ4v) is 5.02. The minimum Gasteiger partial charge on any atom is -0.389 e. The Labute approximate surface area is 177 Å². The van der Waals surface area contributed by atoms with Gasteiger partial charge in [0.1, 0.15) is 6.04 Å². The van der Waals surface area contributed by atoms with Gasteiger partial charge in [0.2, 0.25) is 5.91 Å². The molecule has 7 nitrogen and oxygen atoms in total. The summed E-state index contributed by atoms with van der Waals surface area (Å²) in [4.78, 5) is 41.0. The van der Waals surface area contributed by atoms with Crippen LogP contribution in [-0.2, 0) is 9.59 Å². The molecule has 0 radical (unpaired) electrons. The first-order valence-corrected chi connectivity index (χ1v) is 11.0. The van der Waals surface area contributed by atoms with Crippen LogP contribution in [0.15, 0.2) is 24.3 Å². The Hall–Kier alpha value is -2.41. The van der Waals surface area contributed by atoms with Crippen molar-refractivity contribution < 1.29 is 19.5 Å². The van der Waals surface area contributed by atoms with Gasteiger partial charge in [0.15, 0.2) is 0 Å².